The molecule has 2 aromatic heterocycles. The molecule has 0 saturated heterocycles. The number of nitrogens with zero attached hydrogens (tertiary/aromatic N) is 3. The smallest absolute Gasteiger partial charge is 0.224 e. The van der Waals surface area contributed by atoms with Gasteiger partial charge in [-0.2, -0.15) is 4.98 Å². The lowest BCUT2D eigenvalue weighted by atomic mass is 10.3. The van der Waals surface area contributed by atoms with Gasteiger partial charge in [0.1, 0.15) is 10.8 Å². The van der Waals surface area contributed by atoms with Crippen molar-refractivity contribution in [3.63, 3.8) is 0 Å². The van der Waals surface area contributed by atoms with Gasteiger partial charge in [0, 0.05) is 25.4 Å². The Morgan fingerprint density at radius 1 is 1.41 bits per heavy atom. The largest absolute Gasteiger partial charge is 0.368 e. The summed E-state index contributed by atoms with van der Waals surface area (Å²) in [5, 5.41) is 8.58. The highest BCUT2D eigenvalue weighted by atomic mass is 35.5. The normalized spacial score (nSPS) is 10.2. The van der Waals surface area contributed by atoms with Crippen LogP contribution in [0, 0.1) is 0 Å². The highest BCUT2D eigenvalue weighted by Gasteiger charge is 2.04. The summed E-state index contributed by atoms with van der Waals surface area (Å²) < 4.78 is 0. The van der Waals surface area contributed by atoms with E-state index in [4.69, 9.17) is 11.6 Å². The number of halogens is 1. The molecule has 17 heavy (non-hydrogen) atoms. The van der Waals surface area contributed by atoms with Crippen molar-refractivity contribution in [3.05, 3.63) is 27.8 Å². The van der Waals surface area contributed by atoms with Gasteiger partial charge in [-0.15, -0.1) is 11.3 Å². The molecule has 0 spiro atoms. The minimum atomic E-state index is 0.516. The van der Waals surface area contributed by atoms with Crippen LogP contribution in [-0.4, -0.2) is 28.5 Å². The molecule has 2 heterocycles. The number of anilines is 2. The maximum atomic E-state index is 5.98. The van der Waals surface area contributed by atoms with E-state index in [1.54, 1.807) is 24.6 Å². The van der Waals surface area contributed by atoms with Gasteiger partial charge in [0.2, 0.25) is 5.95 Å². The lowest BCUT2D eigenvalue weighted by Gasteiger charge is -2.07. The van der Waals surface area contributed by atoms with E-state index in [0.717, 1.165) is 18.7 Å². The number of nitrogens with one attached hydrogen (secondary N) is 2. The molecule has 0 atom stereocenters. The molecule has 0 unspecified atom stereocenters. The first-order chi connectivity index (χ1) is 8.29. The van der Waals surface area contributed by atoms with Crippen molar-refractivity contribution in [2.24, 2.45) is 0 Å². The van der Waals surface area contributed by atoms with Gasteiger partial charge in [0.05, 0.1) is 17.4 Å². The zero-order valence-electron chi connectivity index (χ0n) is 9.27. The Kier molecular flexibility index (Phi) is 4.11. The monoisotopic (exact) mass is 269 g/mol. The maximum absolute atomic E-state index is 5.98. The first kappa shape index (κ1) is 12.1. The molecule has 0 saturated carbocycles. The molecule has 0 aliphatic rings. The standard InChI is InChI=1S/C10H12ClN5S/c1-12-10-14-4-8(11)9(16-10)13-3-2-7-5-17-6-15-7/h4-6H,2-3H2,1H3,(H2,12,13,14,16). The maximum Gasteiger partial charge on any atom is 0.224 e. The fourth-order valence-electron chi connectivity index (χ4n) is 1.28. The predicted molar refractivity (Wildman–Crippen MR) is 70.9 cm³/mol. The summed E-state index contributed by atoms with van der Waals surface area (Å²) in [4.78, 5) is 12.4. The van der Waals surface area contributed by atoms with E-state index < -0.39 is 0 Å². The minimum absolute atomic E-state index is 0.516. The average molecular weight is 270 g/mol. The zero-order chi connectivity index (χ0) is 12.1. The van der Waals surface area contributed by atoms with Gasteiger partial charge < -0.3 is 10.6 Å². The van der Waals surface area contributed by atoms with Crippen LogP contribution in [0.25, 0.3) is 0 Å². The molecule has 0 aliphatic carbocycles. The molecule has 2 rings (SSSR count). The Balaban J connectivity index is 1.94. The fraction of sp³-hybridized carbons (Fsp3) is 0.300. The second-order valence-electron chi connectivity index (χ2n) is 3.30. The van der Waals surface area contributed by atoms with Crippen molar-refractivity contribution in [3.8, 4) is 0 Å². The van der Waals surface area contributed by atoms with Crippen molar-refractivity contribution < 1.29 is 0 Å². The summed E-state index contributed by atoms with van der Waals surface area (Å²) in [5.74, 6) is 1.19. The van der Waals surface area contributed by atoms with Crippen LogP contribution >= 0.6 is 22.9 Å². The molecular formula is C10H12ClN5S. The Labute approximate surface area is 108 Å². The molecule has 2 N–H and O–H groups in total. The Morgan fingerprint density at radius 3 is 3.00 bits per heavy atom. The number of rotatable bonds is 5. The molecule has 0 fully saturated rings. The summed E-state index contributed by atoms with van der Waals surface area (Å²) in [6.07, 6.45) is 2.42. The van der Waals surface area contributed by atoms with Gasteiger partial charge in [-0.25, -0.2) is 9.97 Å². The van der Waals surface area contributed by atoms with Gasteiger partial charge >= 0.3 is 0 Å². The highest BCUT2D eigenvalue weighted by molar-refractivity contribution is 7.07. The molecule has 0 amide bonds. The van der Waals surface area contributed by atoms with E-state index in [1.165, 1.54) is 0 Å². The molecule has 7 heteroatoms. The van der Waals surface area contributed by atoms with Gasteiger partial charge in [0.25, 0.3) is 0 Å². The summed E-state index contributed by atoms with van der Waals surface area (Å²) >= 11 is 7.58. The Hall–Kier alpha value is -1.40. The molecule has 2 aromatic rings. The van der Waals surface area contributed by atoms with Crippen LogP contribution in [0.2, 0.25) is 5.02 Å². The van der Waals surface area contributed by atoms with Crippen molar-refractivity contribution in [2.75, 3.05) is 24.2 Å². The van der Waals surface area contributed by atoms with E-state index in [0.29, 0.717) is 16.8 Å². The first-order valence-corrected chi connectivity index (χ1v) is 6.43. The van der Waals surface area contributed by atoms with Gasteiger partial charge in [-0.05, 0) is 0 Å². The summed E-state index contributed by atoms with van der Waals surface area (Å²) in [6.45, 7) is 0.740. The third kappa shape index (κ3) is 3.28. The first-order valence-electron chi connectivity index (χ1n) is 5.11. The molecule has 0 aromatic carbocycles. The fourth-order valence-corrected chi connectivity index (χ4v) is 2.03. The number of hydrogen-bond acceptors (Lipinski definition) is 6. The molecule has 0 bridgehead atoms. The minimum Gasteiger partial charge on any atom is -0.368 e. The third-order valence-electron chi connectivity index (χ3n) is 2.12. The average Bonchev–Trinajstić information content (AvgIpc) is 2.84. The van der Waals surface area contributed by atoms with Crippen LogP contribution in [-0.2, 0) is 6.42 Å². The molecular weight excluding hydrogens is 258 g/mol. The van der Waals surface area contributed by atoms with Crippen molar-refractivity contribution in [1.82, 2.24) is 15.0 Å². The van der Waals surface area contributed by atoms with Crippen LogP contribution in [0.15, 0.2) is 17.1 Å². The van der Waals surface area contributed by atoms with Crippen molar-refractivity contribution in [1.29, 1.82) is 0 Å². The summed E-state index contributed by atoms with van der Waals surface area (Å²) in [6, 6.07) is 0. The number of hydrogen-bond donors (Lipinski definition) is 2. The topological polar surface area (TPSA) is 62.7 Å². The van der Waals surface area contributed by atoms with Crippen LogP contribution in [0.4, 0.5) is 11.8 Å². The molecule has 90 valence electrons. The van der Waals surface area contributed by atoms with E-state index in [9.17, 15) is 0 Å². The molecule has 0 aliphatic heterocycles. The van der Waals surface area contributed by atoms with E-state index in [1.807, 2.05) is 10.9 Å². The van der Waals surface area contributed by atoms with Gasteiger partial charge in [-0.1, -0.05) is 11.6 Å². The lowest BCUT2D eigenvalue weighted by Crippen LogP contribution is -2.08. The van der Waals surface area contributed by atoms with Crippen molar-refractivity contribution in [2.45, 2.75) is 6.42 Å². The Bertz CT molecular complexity index is 474. The molecule has 5 nitrogen and oxygen atoms in total. The lowest BCUT2D eigenvalue weighted by molar-refractivity contribution is 0.965. The van der Waals surface area contributed by atoms with E-state index >= 15 is 0 Å². The van der Waals surface area contributed by atoms with Crippen LogP contribution in [0.3, 0.4) is 0 Å². The summed E-state index contributed by atoms with van der Waals surface area (Å²) in [7, 11) is 1.77. The molecule has 0 radical (unpaired) electrons. The predicted octanol–water partition coefficient (Wildman–Crippen LogP) is 2.28. The van der Waals surface area contributed by atoms with Crippen molar-refractivity contribution >= 4 is 34.7 Å². The number of thiazole rings is 1. The summed E-state index contributed by atoms with van der Waals surface area (Å²) in [5.41, 5.74) is 2.90. The highest BCUT2D eigenvalue weighted by Crippen LogP contribution is 2.19. The van der Waals surface area contributed by atoms with Crippen LogP contribution in [0.1, 0.15) is 5.69 Å². The van der Waals surface area contributed by atoms with Gasteiger partial charge in [0.15, 0.2) is 0 Å². The second kappa shape index (κ2) is 5.79. The van der Waals surface area contributed by atoms with Crippen LogP contribution in [0.5, 0.6) is 0 Å². The zero-order valence-corrected chi connectivity index (χ0v) is 10.8. The van der Waals surface area contributed by atoms with E-state index in [2.05, 4.69) is 25.6 Å². The third-order valence-corrected chi connectivity index (χ3v) is 3.04. The number of aromatic nitrogens is 3. The van der Waals surface area contributed by atoms with Crippen LogP contribution < -0.4 is 10.6 Å². The van der Waals surface area contributed by atoms with E-state index in [-0.39, 0.29) is 0 Å². The second-order valence-corrected chi connectivity index (χ2v) is 4.42. The SMILES string of the molecule is CNc1ncc(Cl)c(NCCc2cscn2)n1. The quantitative estimate of drug-likeness (QED) is 0.872. The van der Waals surface area contributed by atoms with Gasteiger partial charge in [-0.3, -0.25) is 0 Å². The Morgan fingerprint density at radius 2 is 2.29 bits per heavy atom.